The van der Waals surface area contributed by atoms with E-state index in [0.29, 0.717) is 5.92 Å². The van der Waals surface area contributed by atoms with Crippen LogP contribution in [0.4, 0.5) is 0 Å². The van der Waals surface area contributed by atoms with E-state index in [0.717, 1.165) is 12.8 Å². The molecule has 0 fully saturated rings. The fraction of sp³-hybridized carbons (Fsp3) is 0.250. The van der Waals surface area contributed by atoms with Crippen LogP contribution in [0.15, 0.2) is 105 Å². The molecule has 0 N–H and O–H groups in total. The zero-order chi connectivity index (χ0) is 25.7. The van der Waals surface area contributed by atoms with Crippen LogP contribution in [0.2, 0.25) is 0 Å². The van der Waals surface area contributed by atoms with Crippen molar-refractivity contribution in [1.29, 1.82) is 0 Å². The number of hydrogen-bond acceptors (Lipinski definition) is 0. The largest absolute Gasteiger partial charge is 1.00 e. The summed E-state index contributed by atoms with van der Waals surface area (Å²) in [6.07, 6.45) is 4.78. The van der Waals surface area contributed by atoms with Crippen LogP contribution in [0, 0.1) is 11.3 Å². The van der Waals surface area contributed by atoms with Gasteiger partial charge in [-0.25, -0.2) is 0 Å². The Morgan fingerprint density at radius 1 is 0.821 bits per heavy atom. The fourth-order valence-electron chi connectivity index (χ4n) is 6.59. The number of allylic oxidation sites excluding steroid dienone is 4. The molecule has 6 rings (SSSR count). The summed E-state index contributed by atoms with van der Waals surface area (Å²) in [5.41, 5.74) is 10.8. The summed E-state index contributed by atoms with van der Waals surface area (Å²) in [6.45, 7) is 12.0. The Hall–Kier alpha value is -2.05. The zero-order valence-corrected chi connectivity index (χ0v) is 27.5. The van der Waals surface area contributed by atoms with Gasteiger partial charge in [0.1, 0.15) is 0 Å². The van der Waals surface area contributed by atoms with Crippen LogP contribution < -0.4 is 28.1 Å². The van der Waals surface area contributed by atoms with Gasteiger partial charge in [-0.2, -0.15) is 0 Å². The number of rotatable bonds is 4. The standard InChI is InChI=1S/C13H9.C12H19.C11H8.2ClH.Zr/c1-3-7-12-10(5-1)9-11-6-2-4-8-13(11)12;1-6-10-7-9(2)8-11(10)12(3,4)5;1-9-5-4-7-10-6-2-3-8-11(9)10;;;/h1-5,7-8H,9H2;8-9H,6H2,1-5H3;1-8H;2*1H;/q;;;;;+2/p-2. The molecule has 39 heavy (non-hydrogen) atoms. The first-order chi connectivity index (χ1) is 17.9. The first kappa shape index (κ1) is 29.9. The van der Waals surface area contributed by atoms with E-state index >= 15 is 0 Å². The van der Waals surface area contributed by atoms with Crippen LogP contribution in [0.25, 0.3) is 21.9 Å². The first-order valence-electron chi connectivity index (χ1n) is 13.7. The molecule has 198 valence electrons. The first-order valence-corrected chi connectivity index (χ1v) is 17.6. The molecule has 4 aromatic carbocycles. The van der Waals surface area contributed by atoms with Gasteiger partial charge in [0, 0.05) is 0 Å². The molecular formula is C36H36Cl2Zr. The summed E-state index contributed by atoms with van der Waals surface area (Å²) in [6, 6.07) is 32.0. The van der Waals surface area contributed by atoms with Gasteiger partial charge in [0.15, 0.2) is 0 Å². The third-order valence-electron chi connectivity index (χ3n) is 8.24. The van der Waals surface area contributed by atoms with Gasteiger partial charge in [0.25, 0.3) is 0 Å². The van der Waals surface area contributed by atoms with E-state index in [2.05, 4.69) is 129 Å². The number of fused-ring (bicyclic) bond motifs is 4. The molecule has 2 aliphatic rings. The number of benzene rings is 4. The van der Waals surface area contributed by atoms with Crippen LogP contribution >= 0.6 is 0 Å². The van der Waals surface area contributed by atoms with Gasteiger partial charge in [0.05, 0.1) is 0 Å². The van der Waals surface area contributed by atoms with E-state index in [4.69, 9.17) is 0 Å². The molecule has 1 atom stereocenters. The molecule has 1 unspecified atom stereocenters. The molecule has 4 aromatic rings. The predicted octanol–water partition coefficient (Wildman–Crippen LogP) is 2.80. The van der Waals surface area contributed by atoms with Crippen molar-refractivity contribution in [2.24, 2.45) is 11.3 Å². The van der Waals surface area contributed by atoms with Crippen molar-refractivity contribution in [1.82, 2.24) is 0 Å². The van der Waals surface area contributed by atoms with Gasteiger partial charge in [-0.05, 0) is 0 Å². The van der Waals surface area contributed by atoms with Gasteiger partial charge in [-0.1, -0.05) is 0 Å². The van der Waals surface area contributed by atoms with Gasteiger partial charge >= 0.3 is 231 Å². The van der Waals surface area contributed by atoms with Crippen molar-refractivity contribution >= 4 is 17.8 Å². The zero-order valence-electron chi connectivity index (χ0n) is 23.5. The minimum atomic E-state index is -2.50. The van der Waals surface area contributed by atoms with Gasteiger partial charge < -0.3 is 24.8 Å². The summed E-state index contributed by atoms with van der Waals surface area (Å²) in [5.74, 6) is 0.504. The molecule has 0 radical (unpaired) electrons. The molecular weight excluding hydrogens is 595 g/mol. The Morgan fingerprint density at radius 3 is 2.26 bits per heavy atom. The fourth-order valence-corrected chi connectivity index (χ4v) is 14.4. The molecule has 0 saturated heterocycles. The molecule has 2 aliphatic carbocycles. The molecule has 0 spiro atoms. The van der Waals surface area contributed by atoms with E-state index in [1.54, 1.807) is 23.3 Å². The third-order valence-corrected chi connectivity index (χ3v) is 15.6. The normalized spacial score (nSPS) is 15.9. The average molecular weight is 631 g/mol. The van der Waals surface area contributed by atoms with Crippen LogP contribution in [0.3, 0.4) is 0 Å². The quantitative estimate of drug-likeness (QED) is 0.287. The van der Waals surface area contributed by atoms with Crippen LogP contribution in [-0.4, -0.2) is 3.71 Å². The van der Waals surface area contributed by atoms with Crippen molar-refractivity contribution in [2.75, 3.05) is 0 Å². The molecule has 0 nitrogen and oxygen atoms in total. The Balaban J connectivity index is 0.00000176. The second-order valence-electron chi connectivity index (χ2n) is 11.7. The van der Waals surface area contributed by atoms with E-state index < -0.39 is 21.3 Å². The Bertz CT molecular complexity index is 1630. The second kappa shape index (κ2) is 11.8. The smallest absolute Gasteiger partial charge is 1.00 e. The Kier molecular flexibility index (Phi) is 9.07. The minimum Gasteiger partial charge on any atom is -1.00 e. The molecule has 0 heterocycles. The van der Waals surface area contributed by atoms with E-state index in [9.17, 15) is 0 Å². The molecule has 0 amide bonds. The molecule has 0 bridgehead atoms. The van der Waals surface area contributed by atoms with E-state index in [-0.39, 0.29) is 30.2 Å². The van der Waals surface area contributed by atoms with E-state index in [1.807, 2.05) is 0 Å². The van der Waals surface area contributed by atoms with Gasteiger partial charge in [-0.15, -0.1) is 0 Å². The SMILES string of the molecule is CCC1=[C](/[Zr+2](=[CH]/c2cccc3ccccc23)[c]2cccc3c2Cc2ccccc2-3)C(C)C=C1C(C)(C)C.[Cl-].[Cl-]. The summed E-state index contributed by atoms with van der Waals surface area (Å²) in [4.78, 5) is 0. The summed E-state index contributed by atoms with van der Waals surface area (Å²) >= 11 is -2.50. The van der Waals surface area contributed by atoms with Gasteiger partial charge in [-0.3, -0.25) is 0 Å². The number of hydrogen-bond donors (Lipinski definition) is 0. The maximum absolute atomic E-state index is 2.77. The van der Waals surface area contributed by atoms with Crippen molar-refractivity contribution in [3.63, 3.8) is 0 Å². The van der Waals surface area contributed by atoms with Crippen molar-refractivity contribution in [2.45, 2.75) is 47.5 Å². The third kappa shape index (κ3) is 5.36. The Labute approximate surface area is 254 Å². The van der Waals surface area contributed by atoms with Crippen LogP contribution in [-0.2, 0) is 27.7 Å². The van der Waals surface area contributed by atoms with Crippen LogP contribution in [0.5, 0.6) is 0 Å². The predicted molar refractivity (Wildman–Crippen MR) is 157 cm³/mol. The minimum absolute atomic E-state index is 0. The molecule has 0 saturated carbocycles. The average Bonchev–Trinajstić information content (AvgIpc) is 3.45. The monoisotopic (exact) mass is 628 g/mol. The maximum Gasteiger partial charge on any atom is -1.00 e. The second-order valence-corrected chi connectivity index (χ2v) is 17.0. The maximum atomic E-state index is 2.77. The van der Waals surface area contributed by atoms with Gasteiger partial charge in [0.2, 0.25) is 0 Å². The Morgan fingerprint density at radius 2 is 1.49 bits per heavy atom. The molecule has 3 heteroatoms. The van der Waals surface area contributed by atoms with Crippen molar-refractivity contribution in [3.8, 4) is 11.1 Å². The molecule has 0 aromatic heterocycles. The topological polar surface area (TPSA) is 0 Å². The summed E-state index contributed by atoms with van der Waals surface area (Å²) in [5, 5.41) is 2.72. The van der Waals surface area contributed by atoms with Crippen molar-refractivity contribution < 1.29 is 46.1 Å². The summed E-state index contributed by atoms with van der Waals surface area (Å²) in [7, 11) is 0. The van der Waals surface area contributed by atoms with Crippen LogP contribution in [0.1, 0.15) is 57.7 Å². The van der Waals surface area contributed by atoms with E-state index in [1.165, 1.54) is 33.0 Å². The molecule has 0 aliphatic heterocycles. The summed E-state index contributed by atoms with van der Waals surface area (Å²) < 4.78 is 6.22. The van der Waals surface area contributed by atoms with Crippen molar-refractivity contribution in [3.05, 3.63) is 122 Å². The number of halogens is 2.